The fraction of sp³-hybridized carbons (Fsp3) is 0.750. The van der Waals surface area contributed by atoms with Crippen LogP contribution in [0.2, 0.25) is 0 Å². The van der Waals surface area contributed by atoms with Gasteiger partial charge in [-0.15, -0.1) is 11.3 Å². The van der Waals surface area contributed by atoms with Gasteiger partial charge in [0.25, 0.3) is 0 Å². The molecular weight excluding hydrogens is 252 g/mol. The number of nitrogens with one attached hydrogen (secondary N) is 1. The van der Waals surface area contributed by atoms with E-state index in [-0.39, 0.29) is 5.54 Å². The summed E-state index contributed by atoms with van der Waals surface area (Å²) >= 11 is 1.89. The number of thiophene rings is 1. The molecule has 0 bridgehead atoms. The van der Waals surface area contributed by atoms with Crippen molar-refractivity contribution in [2.45, 2.75) is 51.1 Å². The smallest absolute Gasteiger partial charge is 0.0335 e. The summed E-state index contributed by atoms with van der Waals surface area (Å²) in [5.74, 6) is 0.916. The van der Waals surface area contributed by atoms with E-state index in [1.807, 2.05) is 11.3 Å². The van der Waals surface area contributed by atoms with Crippen molar-refractivity contribution < 1.29 is 0 Å². The Hall–Kier alpha value is -0.380. The van der Waals surface area contributed by atoms with Gasteiger partial charge in [0.1, 0.15) is 0 Å². The van der Waals surface area contributed by atoms with Crippen LogP contribution < -0.4 is 5.32 Å². The van der Waals surface area contributed by atoms with Crippen LogP contribution >= 0.6 is 11.3 Å². The highest BCUT2D eigenvalue weighted by atomic mass is 32.1. The van der Waals surface area contributed by atoms with E-state index in [1.165, 1.54) is 37.2 Å². The topological polar surface area (TPSA) is 15.3 Å². The van der Waals surface area contributed by atoms with E-state index in [9.17, 15) is 0 Å². The van der Waals surface area contributed by atoms with E-state index < -0.39 is 0 Å². The van der Waals surface area contributed by atoms with Crippen LogP contribution in [0.4, 0.5) is 0 Å². The van der Waals surface area contributed by atoms with Crippen LogP contribution in [0.1, 0.15) is 38.5 Å². The standard InChI is InChI=1S/C16H26N2S/c1-15(2)12-18(9-8-14-5-4-10-19-14)16(3,11-17-15)13-6-7-13/h4-5,10,13,17H,6-9,11-12H2,1-3H3. The number of nitrogens with zero attached hydrogens (tertiary/aromatic N) is 1. The highest BCUT2D eigenvalue weighted by molar-refractivity contribution is 7.09. The Bertz CT molecular complexity index is 422. The maximum atomic E-state index is 3.75. The van der Waals surface area contributed by atoms with Crippen molar-refractivity contribution >= 4 is 11.3 Å². The molecule has 1 N–H and O–H groups in total. The van der Waals surface area contributed by atoms with Crippen LogP contribution in [0.3, 0.4) is 0 Å². The second-order valence-electron chi connectivity index (χ2n) is 7.12. The second-order valence-corrected chi connectivity index (χ2v) is 8.15. The monoisotopic (exact) mass is 278 g/mol. The minimum atomic E-state index is 0.254. The molecule has 0 radical (unpaired) electrons. The molecule has 2 fully saturated rings. The lowest BCUT2D eigenvalue weighted by Gasteiger charge is -2.52. The van der Waals surface area contributed by atoms with Crippen molar-refractivity contribution in [1.29, 1.82) is 0 Å². The number of rotatable bonds is 4. The summed E-state index contributed by atoms with van der Waals surface area (Å²) in [6.07, 6.45) is 4.05. The first-order chi connectivity index (χ1) is 9.00. The maximum absolute atomic E-state index is 3.75. The average molecular weight is 278 g/mol. The first-order valence-corrected chi connectivity index (χ1v) is 8.40. The molecule has 1 saturated carbocycles. The highest BCUT2D eigenvalue weighted by Crippen LogP contribution is 2.44. The summed E-state index contributed by atoms with van der Waals surface area (Å²) in [6, 6.07) is 4.44. The molecule has 3 rings (SSSR count). The third-order valence-corrected chi connectivity index (χ3v) is 5.83. The zero-order valence-corrected chi connectivity index (χ0v) is 13.2. The SMILES string of the molecule is CC1(C)CN(CCc2cccs2)C(C)(C2CC2)CN1. The van der Waals surface area contributed by atoms with Crippen molar-refractivity contribution in [2.24, 2.45) is 5.92 Å². The largest absolute Gasteiger partial charge is 0.309 e. The molecule has 1 aromatic heterocycles. The Morgan fingerprint density at radius 1 is 1.37 bits per heavy atom. The summed E-state index contributed by atoms with van der Waals surface area (Å²) in [5.41, 5.74) is 0.636. The van der Waals surface area contributed by atoms with Crippen molar-refractivity contribution in [2.75, 3.05) is 19.6 Å². The van der Waals surface area contributed by atoms with E-state index in [0.29, 0.717) is 5.54 Å². The molecule has 0 amide bonds. The zero-order valence-electron chi connectivity index (χ0n) is 12.4. The van der Waals surface area contributed by atoms with Crippen molar-refractivity contribution in [3.8, 4) is 0 Å². The Kier molecular flexibility index (Phi) is 3.48. The highest BCUT2D eigenvalue weighted by Gasteiger charge is 2.49. The van der Waals surface area contributed by atoms with Crippen molar-refractivity contribution in [3.63, 3.8) is 0 Å². The summed E-state index contributed by atoms with van der Waals surface area (Å²) in [4.78, 5) is 4.29. The minimum Gasteiger partial charge on any atom is -0.309 e. The molecule has 2 nitrogen and oxygen atoms in total. The zero-order chi connectivity index (χ0) is 13.5. The van der Waals surface area contributed by atoms with Crippen molar-refractivity contribution in [3.05, 3.63) is 22.4 Å². The molecule has 1 saturated heterocycles. The van der Waals surface area contributed by atoms with Gasteiger partial charge in [0, 0.05) is 35.6 Å². The summed E-state index contributed by atoms with van der Waals surface area (Å²) in [6.45, 7) is 10.7. The molecule has 1 atom stereocenters. The lowest BCUT2D eigenvalue weighted by molar-refractivity contribution is 0.0130. The Morgan fingerprint density at radius 3 is 2.79 bits per heavy atom. The molecule has 2 aliphatic rings. The lowest BCUT2D eigenvalue weighted by Crippen LogP contribution is -2.68. The number of hydrogen-bond donors (Lipinski definition) is 1. The fourth-order valence-electron chi connectivity index (χ4n) is 3.39. The van der Waals surface area contributed by atoms with E-state index in [2.05, 4.69) is 48.5 Å². The van der Waals surface area contributed by atoms with Crippen LogP contribution in [-0.4, -0.2) is 35.6 Å². The van der Waals surface area contributed by atoms with Gasteiger partial charge in [-0.2, -0.15) is 0 Å². The third-order valence-electron chi connectivity index (χ3n) is 4.90. The minimum absolute atomic E-state index is 0.254. The van der Waals surface area contributed by atoms with Crippen LogP contribution in [0.15, 0.2) is 17.5 Å². The van der Waals surface area contributed by atoms with Gasteiger partial charge in [-0.3, -0.25) is 4.90 Å². The number of hydrogen-bond acceptors (Lipinski definition) is 3. The summed E-state index contributed by atoms with van der Waals surface area (Å²) < 4.78 is 0. The summed E-state index contributed by atoms with van der Waals surface area (Å²) in [5, 5.41) is 5.95. The molecule has 1 unspecified atom stereocenters. The van der Waals surface area contributed by atoms with Crippen molar-refractivity contribution in [1.82, 2.24) is 10.2 Å². The second kappa shape index (κ2) is 4.87. The lowest BCUT2D eigenvalue weighted by atomic mass is 9.86. The first-order valence-electron chi connectivity index (χ1n) is 7.52. The quantitative estimate of drug-likeness (QED) is 0.910. The van der Waals surface area contributed by atoms with Crippen LogP contribution in [-0.2, 0) is 6.42 Å². The Labute approximate surface area is 121 Å². The van der Waals surface area contributed by atoms with Gasteiger partial charge in [-0.05, 0) is 57.4 Å². The third kappa shape index (κ3) is 2.88. The maximum Gasteiger partial charge on any atom is 0.0335 e. The molecule has 0 spiro atoms. The van der Waals surface area contributed by atoms with Gasteiger partial charge in [0.05, 0.1) is 0 Å². The predicted molar refractivity (Wildman–Crippen MR) is 82.8 cm³/mol. The van der Waals surface area contributed by atoms with E-state index in [4.69, 9.17) is 0 Å². The van der Waals surface area contributed by atoms with Gasteiger partial charge in [-0.1, -0.05) is 6.07 Å². The summed E-state index contributed by atoms with van der Waals surface area (Å²) in [7, 11) is 0. The molecule has 1 aromatic rings. The Morgan fingerprint density at radius 2 is 2.16 bits per heavy atom. The molecule has 3 heteroatoms. The fourth-order valence-corrected chi connectivity index (χ4v) is 4.08. The van der Waals surface area contributed by atoms with Gasteiger partial charge < -0.3 is 5.32 Å². The average Bonchev–Trinajstić information content (AvgIpc) is 3.09. The molecule has 19 heavy (non-hydrogen) atoms. The Balaban J connectivity index is 1.70. The predicted octanol–water partition coefficient (Wildman–Crippen LogP) is 3.14. The van der Waals surface area contributed by atoms with Crippen LogP contribution in [0, 0.1) is 5.92 Å². The molecule has 0 aromatic carbocycles. The normalized spacial score (nSPS) is 31.5. The molecule has 2 heterocycles. The molecule has 1 aliphatic heterocycles. The van der Waals surface area contributed by atoms with E-state index in [0.717, 1.165) is 12.5 Å². The van der Waals surface area contributed by atoms with Crippen LogP contribution in [0.5, 0.6) is 0 Å². The van der Waals surface area contributed by atoms with Crippen LogP contribution in [0.25, 0.3) is 0 Å². The number of piperazine rings is 1. The van der Waals surface area contributed by atoms with Gasteiger partial charge in [0.15, 0.2) is 0 Å². The van der Waals surface area contributed by atoms with Gasteiger partial charge in [-0.25, -0.2) is 0 Å². The molecular formula is C16H26N2S. The molecule has 106 valence electrons. The van der Waals surface area contributed by atoms with E-state index in [1.54, 1.807) is 0 Å². The first kappa shape index (κ1) is 13.6. The van der Waals surface area contributed by atoms with Gasteiger partial charge >= 0.3 is 0 Å². The van der Waals surface area contributed by atoms with Gasteiger partial charge in [0.2, 0.25) is 0 Å². The molecule has 1 aliphatic carbocycles. The van der Waals surface area contributed by atoms with E-state index >= 15 is 0 Å².